The van der Waals surface area contributed by atoms with Gasteiger partial charge in [-0.1, -0.05) is 36.4 Å². The van der Waals surface area contributed by atoms with Crippen molar-refractivity contribution in [3.8, 4) is 0 Å². The molecule has 0 spiro atoms. The molecule has 0 unspecified atom stereocenters. The number of carbonyl (C=O) groups excluding carboxylic acids is 2. The van der Waals surface area contributed by atoms with Gasteiger partial charge in [0.1, 0.15) is 5.82 Å². The zero-order valence-electron chi connectivity index (χ0n) is 14.1. The van der Waals surface area contributed by atoms with E-state index in [9.17, 15) is 9.59 Å². The van der Waals surface area contributed by atoms with Crippen LogP contribution in [0.15, 0.2) is 54.7 Å². The number of nitrogens with one attached hydrogen (secondary N) is 1. The van der Waals surface area contributed by atoms with E-state index in [1.54, 1.807) is 24.4 Å². The highest BCUT2D eigenvalue weighted by Crippen LogP contribution is 2.23. The van der Waals surface area contributed by atoms with Crippen molar-refractivity contribution < 1.29 is 9.59 Å². The van der Waals surface area contributed by atoms with Crippen molar-refractivity contribution in [3.63, 3.8) is 0 Å². The fraction of sp³-hybridized carbons (Fsp3) is 0.100. The van der Waals surface area contributed by atoms with Gasteiger partial charge in [0.05, 0.1) is 6.42 Å². The zero-order chi connectivity index (χ0) is 18.5. The van der Waals surface area contributed by atoms with Crippen molar-refractivity contribution in [2.75, 3.05) is 5.73 Å². The molecule has 26 heavy (non-hydrogen) atoms. The van der Waals surface area contributed by atoms with E-state index in [0.29, 0.717) is 24.3 Å². The number of anilines is 1. The molecule has 0 aliphatic carbocycles. The number of nitrogens with two attached hydrogens (primary N) is 2. The molecule has 0 aliphatic rings. The number of carbonyl (C=O) groups is 2. The molecular formula is C20H19N4O2. The van der Waals surface area contributed by atoms with Crippen molar-refractivity contribution in [1.82, 2.24) is 10.3 Å². The van der Waals surface area contributed by atoms with Crippen LogP contribution in [0.2, 0.25) is 0 Å². The summed E-state index contributed by atoms with van der Waals surface area (Å²) < 4.78 is 0. The minimum atomic E-state index is -0.507. The van der Waals surface area contributed by atoms with Crippen LogP contribution in [0.5, 0.6) is 0 Å². The monoisotopic (exact) mass is 347 g/mol. The number of primary amides is 1. The molecule has 5 N–H and O–H groups in total. The minimum Gasteiger partial charge on any atom is -0.384 e. The van der Waals surface area contributed by atoms with Crippen LogP contribution in [0.25, 0.3) is 10.8 Å². The fourth-order valence-electron chi connectivity index (χ4n) is 2.78. The summed E-state index contributed by atoms with van der Waals surface area (Å²) in [6.45, 7) is 0.348. The molecule has 131 valence electrons. The van der Waals surface area contributed by atoms with E-state index < -0.39 is 5.91 Å². The lowest BCUT2D eigenvalue weighted by Crippen LogP contribution is -2.24. The first-order valence-electron chi connectivity index (χ1n) is 8.16. The van der Waals surface area contributed by atoms with E-state index in [4.69, 9.17) is 11.5 Å². The molecule has 0 atom stereocenters. The van der Waals surface area contributed by atoms with E-state index in [0.717, 1.165) is 21.9 Å². The van der Waals surface area contributed by atoms with Gasteiger partial charge in [0.25, 0.3) is 0 Å². The Bertz CT molecular complexity index is 952. The van der Waals surface area contributed by atoms with E-state index in [1.807, 2.05) is 30.3 Å². The van der Waals surface area contributed by atoms with Gasteiger partial charge in [0.15, 0.2) is 0 Å². The highest BCUT2D eigenvalue weighted by atomic mass is 16.1. The summed E-state index contributed by atoms with van der Waals surface area (Å²) in [4.78, 5) is 27.9. The van der Waals surface area contributed by atoms with Crippen LogP contribution in [-0.2, 0) is 17.8 Å². The lowest BCUT2D eigenvalue weighted by Gasteiger charge is -2.11. The molecule has 3 rings (SSSR count). The summed E-state index contributed by atoms with van der Waals surface area (Å²) in [5, 5.41) is 4.70. The van der Waals surface area contributed by atoms with E-state index >= 15 is 0 Å². The van der Waals surface area contributed by atoms with Gasteiger partial charge in [-0.25, -0.2) is 4.98 Å². The topological polar surface area (TPSA) is 111 Å². The Labute approximate surface area is 151 Å². The molecule has 0 fully saturated rings. The molecule has 6 nitrogen and oxygen atoms in total. The average molecular weight is 347 g/mol. The number of nitrogens with zero attached hydrogens (tertiary/aromatic N) is 1. The summed E-state index contributed by atoms with van der Waals surface area (Å²) >= 11 is 0. The van der Waals surface area contributed by atoms with E-state index in [-0.39, 0.29) is 5.91 Å². The second kappa shape index (κ2) is 7.65. The first kappa shape index (κ1) is 17.4. The summed E-state index contributed by atoms with van der Waals surface area (Å²) in [5.41, 5.74) is 13.1. The largest absolute Gasteiger partial charge is 0.384 e. The molecule has 2 aromatic carbocycles. The molecule has 3 aromatic rings. The normalized spacial score (nSPS) is 10.6. The van der Waals surface area contributed by atoms with Gasteiger partial charge in [0, 0.05) is 18.3 Å². The Morgan fingerprint density at radius 1 is 1.08 bits per heavy atom. The van der Waals surface area contributed by atoms with Gasteiger partial charge in [0.2, 0.25) is 11.8 Å². The predicted molar refractivity (Wildman–Crippen MR) is 101 cm³/mol. The van der Waals surface area contributed by atoms with Gasteiger partial charge in [-0.2, -0.15) is 0 Å². The third-order valence-corrected chi connectivity index (χ3v) is 4.11. The maximum atomic E-state index is 12.1. The van der Waals surface area contributed by atoms with Crippen LogP contribution in [0.1, 0.15) is 21.5 Å². The molecule has 1 heterocycles. The molecule has 0 saturated carbocycles. The summed E-state index contributed by atoms with van der Waals surface area (Å²) in [6.07, 6.45) is 3.44. The second-order valence-corrected chi connectivity index (χ2v) is 5.89. The second-order valence-electron chi connectivity index (χ2n) is 5.89. The number of nitrogen functional groups attached to an aromatic ring is 1. The van der Waals surface area contributed by atoms with Gasteiger partial charge >= 0.3 is 0 Å². The Hall–Kier alpha value is -3.41. The summed E-state index contributed by atoms with van der Waals surface area (Å²) in [7, 11) is 0. The maximum Gasteiger partial charge on any atom is 0.248 e. The number of aromatic nitrogens is 1. The van der Waals surface area contributed by atoms with Crippen molar-refractivity contribution in [3.05, 3.63) is 77.8 Å². The number of benzene rings is 2. The van der Waals surface area contributed by atoms with Crippen molar-refractivity contribution >= 4 is 28.4 Å². The molecule has 6 heteroatoms. The number of hydrogen-bond acceptors (Lipinski definition) is 4. The van der Waals surface area contributed by atoms with Crippen LogP contribution < -0.4 is 16.8 Å². The Morgan fingerprint density at radius 2 is 1.88 bits per heavy atom. The minimum absolute atomic E-state index is 0.231. The number of fused-ring (bicyclic) bond motifs is 1. The van der Waals surface area contributed by atoms with E-state index in [1.165, 1.54) is 6.42 Å². The first-order valence-corrected chi connectivity index (χ1v) is 8.16. The number of amides is 2. The quantitative estimate of drug-likeness (QED) is 0.633. The lowest BCUT2D eigenvalue weighted by atomic mass is 9.95. The number of rotatable bonds is 6. The van der Waals surface area contributed by atoms with Crippen molar-refractivity contribution in [1.29, 1.82) is 0 Å². The van der Waals surface area contributed by atoms with Crippen LogP contribution in [-0.4, -0.2) is 16.8 Å². The van der Waals surface area contributed by atoms with Gasteiger partial charge < -0.3 is 16.8 Å². The van der Waals surface area contributed by atoms with Gasteiger partial charge in [-0.05, 0) is 40.5 Å². The molecule has 1 aromatic heterocycles. The summed E-state index contributed by atoms with van der Waals surface area (Å²) in [5.74, 6) is -0.306. The molecular weight excluding hydrogens is 328 g/mol. The van der Waals surface area contributed by atoms with Crippen LogP contribution in [0.4, 0.5) is 5.82 Å². The zero-order valence-corrected chi connectivity index (χ0v) is 14.1. The highest BCUT2D eigenvalue weighted by molar-refractivity contribution is 6.01. The average Bonchev–Trinajstić information content (AvgIpc) is 2.65. The third kappa shape index (κ3) is 3.97. The molecule has 0 bridgehead atoms. The molecule has 0 aliphatic heterocycles. The maximum absolute atomic E-state index is 12.1. The molecule has 1 radical (unpaired) electrons. The Balaban J connectivity index is 1.70. The molecule has 2 amide bonds. The smallest absolute Gasteiger partial charge is 0.248 e. The fourth-order valence-corrected chi connectivity index (χ4v) is 2.78. The van der Waals surface area contributed by atoms with E-state index in [2.05, 4.69) is 10.3 Å². The number of pyridine rings is 1. The Morgan fingerprint density at radius 3 is 2.62 bits per heavy atom. The summed E-state index contributed by atoms with van der Waals surface area (Å²) in [6, 6.07) is 14.7. The standard InChI is InChI=1S/C20H19N4O2/c21-18-9-5-13(11-23-18)12-24-19(25)10-8-16-15-4-2-1-3-14(15)6-7-17(16)20(22)26/h1-7,9-11H,8,12H2,(H2,21,23)(H2,22,26)(H,24,25). The van der Waals surface area contributed by atoms with Crippen molar-refractivity contribution in [2.24, 2.45) is 5.73 Å². The van der Waals surface area contributed by atoms with Crippen LogP contribution in [0.3, 0.4) is 0 Å². The highest BCUT2D eigenvalue weighted by Gasteiger charge is 2.13. The van der Waals surface area contributed by atoms with Crippen LogP contribution >= 0.6 is 0 Å². The first-order chi connectivity index (χ1) is 12.5. The Kier molecular flexibility index (Phi) is 5.12. The van der Waals surface area contributed by atoms with Gasteiger partial charge in [-0.15, -0.1) is 0 Å². The molecule has 0 saturated heterocycles. The lowest BCUT2D eigenvalue weighted by molar-refractivity contribution is -0.118. The SMILES string of the molecule is NC(=O)c1ccc2ccccc2c1C[CH]C(=O)NCc1ccc(N)nc1. The van der Waals surface area contributed by atoms with Gasteiger partial charge in [-0.3, -0.25) is 9.59 Å². The predicted octanol–water partition coefficient (Wildman–Crippen LogP) is 1.98. The van der Waals surface area contributed by atoms with Crippen LogP contribution in [0, 0.1) is 6.42 Å². The number of hydrogen-bond donors (Lipinski definition) is 3. The van der Waals surface area contributed by atoms with Crippen molar-refractivity contribution in [2.45, 2.75) is 13.0 Å². The third-order valence-electron chi connectivity index (χ3n) is 4.11.